The molecule has 0 atom stereocenters. The van der Waals surface area contributed by atoms with Crippen LogP contribution in [0, 0.1) is 0 Å². The van der Waals surface area contributed by atoms with Gasteiger partial charge in [-0.1, -0.05) is 24.3 Å². The quantitative estimate of drug-likeness (QED) is 0.805. The van der Waals surface area contributed by atoms with Crippen LogP contribution in [0.1, 0.15) is 17.3 Å². The van der Waals surface area contributed by atoms with Crippen LogP contribution in [0.15, 0.2) is 54.6 Å². The molecule has 22 heavy (non-hydrogen) atoms. The number of hydrogen-bond donors (Lipinski definition) is 2. The van der Waals surface area contributed by atoms with Crippen LogP contribution in [-0.4, -0.2) is 25.0 Å². The minimum Gasteiger partial charge on any atom is -0.462 e. The number of benzene rings is 2. The van der Waals surface area contributed by atoms with Gasteiger partial charge < -0.3 is 15.4 Å². The predicted octanol–water partition coefficient (Wildman–Crippen LogP) is 2.91. The van der Waals surface area contributed by atoms with Crippen LogP contribution in [0.25, 0.3) is 0 Å². The van der Waals surface area contributed by atoms with Crippen molar-refractivity contribution < 1.29 is 14.3 Å². The Morgan fingerprint density at radius 2 is 1.73 bits per heavy atom. The maximum absolute atomic E-state index is 11.8. The first-order valence-electron chi connectivity index (χ1n) is 7.05. The molecule has 0 aliphatic carbocycles. The third kappa shape index (κ3) is 4.63. The lowest BCUT2D eigenvalue weighted by atomic mass is 10.2. The molecule has 2 aromatic rings. The molecule has 2 rings (SSSR count). The van der Waals surface area contributed by atoms with E-state index in [0.717, 1.165) is 5.69 Å². The molecule has 0 heterocycles. The fourth-order valence-corrected chi connectivity index (χ4v) is 1.88. The second-order valence-corrected chi connectivity index (χ2v) is 4.57. The van der Waals surface area contributed by atoms with E-state index in [1.165, 1.54) is 0 Å². The summed E-state index contributed by atoms with van der Waals surface area (Å²) in [6.45, 7) is 2.20. The van der Waals surface area contributed by atoms with Gasteiger partial charge in [-0.2, -0.15) is 0 Å². The summed E-state index contributed by atoms with van der Waals surface area (Å²) in [7, 11) is 0. The van der Waals surface area contributed by atoms with Gasteiger partial charge in [0.25, 0.3) is 0 Å². The summed E-state index contributed by atoms with van der Waals surface area (Å²) in [5, 5.41) is 5.76. The average molecular weight is 298 g/mol. The Morgan fingerprint density at radius 3 is 2.45 bits per heavy atom. The van der Waals surface area contributed by atoms with Crippen molar-refractivity contribution in [2.24, 2.45) is 0 Å². The van der Waals surface area contributed by atoms with E-state index in [4.69, 9.17) is 4.74 Å². The zero-order valence-corrected chi connectivity index (χ0v) is 12.3. The number of nitrogens with one attached hydrogen (secondary N) is 2. The lowest BCUT2D eigenvalue weighted by Gasteiger charge is -2.09. The topological polar surface area (TPSA) is 67.4 Å². The number of carbonyl (C=O) groups excluding carboxylic acids is 2. The maximum atomic E-state index is 11.8. The zero-order valence-electron chi connectivity index (χ0n) is 12.3. The molecule has 1 amide bonds. The van der Waals surface area contributed by atoms with Gasteiger partial charge >= 0.3 is 5.97 Å². The number of hydrogen-bond acceptors (Lipinski definition) is 4. The van der Waals surface area contributed by atoms with Gasteiger partial charge in [-0.3, -0.25) is 4.79 Å². The van der Waals surface area contributed by atoms with Crippen LogP contribution in [0.2, 0.25) is 0 Å². The average Bonchev–Trinajstić information content (AvgIpc) is 2.54. The van der Waals surface area contributed by atoms with E-state index in [9.17, 15) is 9.59 Å². The van der Waals surface area contributed by atoms with Crippen molar-refractivity contribution in [3.63, 3.8) is 0 Å². The molecule has 0 aromatic heterocycles. The van der Waals surface area contributed by atoms with Gasteiger partial charge in [0.2, 0.25) is 5.91 Å². The van der Waals surface area contributed by atoms with E-state index in [1.807, 2.05) is 30.3 Å². The van der Waals surface area contributed by atoms with Crippen LogP contribution in [0.5, 0.6) is 0 Å². The highest BCUT2D eigenvalue weighted by Crippen LogP contribution is 2.12. The SMILES string of the molecule is CCOC(=O)c1cccc(NCC(=O)Nc2ccccc2)c1. The molecule has 0 unspecified atom stereocenters. The summed E-state index contributed by atoms with van der Waals surface area (Å²) in [5.74, 6) is -0.535. The number of anilines is 2. The molecular formula is C17H18N2O3. The minimum atomic E-state index is -0.375. The van der Waals surface area contributed by atoms with E-state index in [-0.39, 0.29) is 18.4 Å². The van der Waals surface area contributed by atoms with Crippen molar-refractivity contribution in [2.45, 2.75) is 6.92 Å². The van der Waals surface area contributed by atoms with Gasteiger partial charge in [0.05, 0.1) is 18.7 Å². The van der Waals surface area contributed by atoms with E-state index >= 15 is 0 Å². The van der Waals surface area contributed by atoms with Gasteiger partial charge in [-0.25, -0.2) is 4.79 Å². The molecule has 114 valence electrons. The Labute approximate surface area is 129 Å². The summed E-state index contributed by atoms with van der Waals surface area (Å²) in [5.41, 5.74) is 1.89. The largest absolute Gasteiger partial charge is 0.462 e. The third-order valence-electron chi connectivity index (χ3n) is 2.88. The van der Waals surface area contributed by atoms with Gasteiger partial charge in [0.1, 0.15) is 0 Å². The molecule has 0 saturated carbocycles. The molecule has 0 aliphatic rings. The molecule has 2 N–H and O–H groups in total. The first-order chi connectivity index (χ1) is 10.7. The number of carbonyl (C=O) groups is 2. The fourth-order valence-electron chi connectivity index (χ4n) is 1.88. The molecular weight excluding hydrogens is 280 g/mol. The van der Waals surface area contributed by atoms with Crippen molar-refractivity contribution in [2.75, 3.05) is 23.8 Å². The number of esters is 1. The number of rotatable bonds is 6. The van der Waals surface area contributed by atoms with Crippen LogP contribution in [0.4, 0.5) is 11.4 Å². The van der Waals surface area contributed by atoms with Crippen molar-refractivity contribution >= 4 is 23.3 Å². The number of amides is 1. The highest BCUT2D eigenvalue weighted by molar-refractivity contribution is 5.94. The third-order valence-corrected chi connectivity index (χ3v) is 2.88. The Balaban J connectivity index is 1.90. The van der Waals surface area contributed by atoms with Gasteiger partial charge in [-0.15, -0.1) is 0 Å². The Kier molecular flexibility index (Phi) is 5.54. The fraction of sp³-hybridized carbons (Fsp3) is 0.176. The molecule has 0 aliphatic heterocycles. The number of ether oxygens (including phenoxy) is 1. The van der Waals surface area contributed by atoms with Crippen molar-refractivity contribution in [1.29, 1.82) is 0 Å². The summed E-state index contributed by atoms with van der Waals surface area (Å²) in [6, 6.07) is 16.1. The Morgan fingerprint density at radius 1 is 1.00 bits per heavy atom. The van der Waals surface area contributed by atoms with Crippen LogP contribution < -0.4 is 10.6 Å². The summed E-state index contributed by atoms with van der Waals surface area (Å²) < 4.78 is 4.94. The standard InChI is InChI=1S/C17H18N2O3/c1-2-22-17(21)13-7-6-10-15(11-13)18-12-16(20)19-14-8-4-3-5-9-14/h3-11,18H,2,12H2,1H3,(H,19,20). The van der Waals surface area contributed by atoms with Gasteiger partial charge in [0, 0.05) is 11.4 Å². The molecule has 0 spiro atoms. The van der Waals surface area contributed by atoms with Crippen molar-refractivity contribution in [1.82, 2.24) is 0 Å². The van der Waals surface area contributed by atoms with E-state index in [1.54, 1.807) is 31.2 Å². The van der Waals surface area contributed by atoms with Crippen molar-refractivity contribution in [3.05, 3.63) is 60.2 Å². The van der Waals surface area contributed by atoms with Gasteiger partial charge in [0.15, 0.2) is 0 Å². The van der Waals surface area contributed by atoms with E-state index in [2.05, 4.69) is 10.6 Å². The molecule has 0 radical (unpaired) electrons. The first kappa shape index (κ1) is 15.6. The predicted molar refractivity (Wildman–Crippen MR) is 86.0 cm³/mol. The Hall–Kier alpha value is -2.82. The van der Waals surface area contributed by atoms with Crippen LogP contribution in [-0.2, 0) is 9.53 Å². The Bertz CT molecular complexity index is 641. The summed E-state index contributed by atoms with van der Waals surface area (Å²) >= 11 is 0. The second kappa shape index (κ2) is 7.83. The van der Waals surface area contributed by atoms with Gasteiger partial charge in [-0.05, 0) is 37.3 Å². The summed E-state index contributed by atoms with van der Waals surface area (Å²) in [6.07, 6.45) is 0. The molecule has 0 saturated heterocycles. The molecule has 0 fully saturated rings. The number of para-hydroxylation sites is 1. The lowest BCUT2D eigenvalue weighted by molar-refractivity contribution is -0.114. The van der Waals surface area contributed by atoms with Crippen LogP contribution in [0.3, 0.4) is 0 Å². The maximum Gasteiger partial charge on any atom is 0.338 e. The van der Waals surface area contributed by atoms with E-state index < -0.39 is 0 Å². The molecule has 0 bridgehead atoms. The smallest absolute Gasteiger partial charge is 0.338 e. The highest BCUT2D eigenvalue weighted by atomic mass is 16.5. The summed E-state index contributed by atoms with van der Waals surface area (Å²) in [4.78, 5) is 23.5. The highest BCUT2D eigenvalue weighted by Gasteiger charge is 2.07. The normalized spacial score (nSPS) is 9.86. The zero-order chi connectivity index (χ0) is 15.8. The first-order valence-corrected chi connectivity index (χ1v) is 7.05. The minimum absolute atomic E-state index is 0.112. The second-order valence-electron chi connectivity index (χ2n) is 4.57. The monoisotopic (exact) mass is 298 g/mol. The van der Waals surface area contributed by atoms with Crippen molar-refractivity contribution in [3.8, 4) is 0 Å². The molecule has 5 heteroatoms. The molecule has 2 aromatic carbocycles. The molecule has 5 nitrogen and oxygen atoms in total. The van der Waals surface area contributed by atoms with Crippen LogP contribution >= 0.6 is 0 Å². The van der Waals surface area contributed by atoms with E-state index in [0.29, 0.717) is 17.9 Å². The lowest BCUT2D eigenvalue weighted by Crippen LogP contribution is -2.21.